The van der Waals surface area contributed by atoms with Gasteiger partial charge < -0.3 is 9.84 Å². The lowest BCUT2D eigenvalue weighted by atomic mass is 9.81. The predicted molar refractivity (Wildman–Crippen MR) is 87.6 cm³/mol. The molecule has 128 valence electrons. The first-order valence-corrected chi connectivity index (χ1v) is 9.78. The second kappa shape index (κ2) is 6.89. The van der Waals surface area contributed by atoms with Crippen molar-refractivity contribution in [3.05, 3.63) is 29.8 Å². The van der Waals surface area contributed by atoms with E-state index >= 15 is 0 Å². The van der Waals surface area contributed by atoms with E-state index in [0.717, 1.165) is 31.2 Å². The van der Waals surface area contributed by atoms with Crippen molar-refractivity contribution in [1.82, 2.24) is 4.31 Å². The minimum atomic E-state index is -3.56. The highest BCUT2D eigenvalue weighted by Gasteiger charge is 2.41. The van der Waals surface area contributed by atoms with Crippen LogP contribution in [-0.2, 0) is 14.8 Å². The summed E-state index contributed by atoms with van der Waals surface area (Å²) in [5.74, 6) is -0.0377. The Morgan fingerprint density at radius 1 is 1.17 bits per heavy atom. The Kier molecular flexibility index (Phi) is 5.06. The summed E-state index contributed by atoms with van der Waals surface area (Å²) in [6.07, 6.45) is 3.22. The number of hydrogen-bond acceptors (Lipinski definition) is 4. The van der Waals surface area contributed by atoms with Crippen LogP contribution < -0.4 is 0 Å². The van der Waals surface area contributed by atoms with Gasteiger partial charge in [-0.25, -0.2) is 8.42 Å². The molecule has 1 aromatic carbocycles. The Balaban J connectivity index is 1.89. The van der Waals surface area contributed by atoms with Gasteiger partial charge in [-0.05, 0) is 31.9 Å². The van der Waals surface area contributed by atoms with Gasteiger partial charge in [0.25, 0.3) is 0 Å². The molecule has 3 atom stereocenters. The smallest absolute Gasteiger partial charge is 0.243 e. The molecule has 1 heterocycles. The summed E-state index contributed by atoms with van der Waals surface area (Å²) in [6.45, 7) is 3.06. The van der Waals surface area contributed by atoms with Crippen LogP contribution in [0, 0.1) is 12.8 Å². The summed E-state index contributed by atoms with van der Waals surface area (Å²) in [5.41, 5.74) is 1.03. The van der Waals surface area contributed by atoms with Crippen molar-refractivity contribution in [3.63, 3.8) is 0 Å². The van der Waals surface area contributed by atoms with Gasteiger partial charge in [0.1, 0.15) is 0 Å². The molecule has 2 fully saturated rings. The third-order valence-electron chi connectivity index (χ3n) is 5.02. The standard InChI is InChI=1S/C17H25NO4S/c1-13-6-8-14(9-7-13)23(20,21)18-10-11-22-12-16(18)15-4-2-3-5-17(15)19/h6-9,15-17,19H,2-5,10-12H2,1H3. The van der Waals surface area contributed by atoms with E-state index in [1.54, 1.807) is 16.4 Å². The molecule has 0 amide bonds. The maximum absolute atomic E-state index is 13.0. The van der Waals surface area contributed by atoms with Crippen LogP contribution in [0.3, 0.4) is 0 Å². The number of sulfonamides is 1. The Morgan fingerprint density at radius 2 is 1.87 bits per heavy atom. The summed E-state index contributed by atoms with van der Waals surface area (Å²) in [7, 11) is -3.56. The van der Waals surface area contributed by atoms with Gasteiger partial charge in [0.05, 0.1) is 30.3 Å². The second-order valence-electron chi connectivity index (χ2n) is 6.59. The van der Waals surface area contributed by atoms with Gasteiger partial charge in [0.15, 0.2) is 0 Å². The molecule has 1 aliphatic heterocycles. The zero-order chi connectivity index (χ0) is 16.4. The van der Waals surface area contributed by atoms with E-state index in [4.69, 9.17) is 4.74 Å². The van der Waals surface area contributed by atoms with Gasteiger partial charge in [-0.15, -0.1) is 0 Å². The van der Waals surface area contributed by atoms with E-state index in [1.807, 2.05) is 19.1 Å². The molecule has 2 aliphatic rings. The number of rotatable bonds is 3. The largest absolute Gasteiger partial charge is 0.393 e. The van der Waals surface area contributed by atoms with Crippen molar-refractivity contribution in [3.8, 4) is 0 Å². The van der Waals surface area contributed by atoms with Crippen molar-refractivity contribution < 1.29 is 18.3 Å². The van der Waals surface area contributed by atoms with Gasteiger partial charge in [-0.1, -0.05) is 30.5 Å². The SMILES string of the molecule is Cc1ccc(S(=O)(=O)N2CCOCC2C2CCCCC2O)cc1. The fourth-order valence-electron chi connectivity index (χ4n) is 3.68. The average molecular weight is 339 g/mol. The molecule has 1 aromatic rings. The zero-order valence-electron chi connectivity index (χ0n) is 13.5. The molecule has 0 bridgehead atoms. The van der Waals surface area contributed by atoms with E-state index in [0.29, 0.717) is 24.7 Å². The monoisotopic (exact) mass is 339 g/mol. The van der Waals surface area contributed by atoms with E-state index in [9.17, 15) is 13.5 Å². The topological polar surface area (TPSA) is 66.8 Å². The number of hydrogen-bond donors (Lipinski definition) is 1. The van der Waals surface area contributed by atoms with Crippen LogP contribution >= 0.6 is 0 Å². The Labute approximate surface area is 138 Å². The minimum absolute atomic E-state index is 0.0377. The van der Waals surface area contributed by atoms with E-state index in [-0.39, 0.29) is 12.0 Å². The summed E-state index contributed by atoms with van der Waals surface area (Å²) in [6, 6.07) is 6.68. The number of aryl methyl sites for hydroxylation is 1. The normalized spacial score (nSPS) is 30.3. The lowest BCUT2D eigenvalue weighted by Crippen LogP contribution is -2.54. The molecule has 5 nitrogen and oxygen atoms in total. The third kappa shape index (κ3) is 3.45. The molecule has 1 N–H and O–H groups in total. The first-order valence-electron chi connectivity index (χ1n) is 8.34. The molecular formula is C17H25NO4S. The van der Waals surface area contributed by atoms with Crippen molar-refractivity contribution in [2.45, 2.75) is 49.6 Å². The van der Waals surface area contributed by atoms with E-state index < -0.39 is 16.1 Å². The van der Waals surface area contributed by atoms with Crippen LogP contribution in [0.5, 0.6) is 0 Å². The van der Waals surface area contributed by atoms with Crippen LogP contribution in [0.4, 0.5) is 0 Å². The molecule has 0 radical (unpaired) electrons. The number of nitrogens with zero attached hydrogens (tertiary/aromatic N) is 1. The number of ether oxygens (including phenoxy) is 1. The van der Waals surface area contributed by atoms with Crippen molar-refractivity contribution in [2.24, 2.45) is 5.92 Å². The number of morpholine rings is 1. The quantitative estimate of drug-likeness (QED) is 0.914. The Hall–Kier alpha value is -0.950. The van der Waals surface area contributed by atoms with Gasteiger partial charge in [0, 0.05) is 12.5 Å². The summed E-state index contributed by atoms with van der Waals surface area (Å²) in [5, 5.41) is 10.3. The number of benzene rings is 1. The molecule has 0 aromatic heterocycles. The molecular weight excluding hydrogens is 314 g/mol. The van der Waals surface area contributed by atoms with E-state index in [1.165, 1.54) is 0 Å². The second-order valence-corrected chi connectivity index (χ2v) is 8.48. The van der Waals surface area contributed by atoms with Crippen LogP contribution in [0.1, 0.15) is 31.2 Å². The fraction of sp³-hybridized carbons (Fsp3) is 0.647. The first-order chi connectivity index (χ1) is 11.0. The van der Waals surface area contributed by atoms with Gasteiger partial charge in [0.2, 0.25) is 10.0 Å². The van der Waals surface area contributed by atoms with Crippen molar-refractivity contribution in [1.29, 1.82) is 0 Å². The molecule has 1 saturated carbocycles. The minimum Gasteiger partial charge on any atom is -0.393 e. The van der Waals surface area contributed by atoms with Crippen LogP contribution in [0.25, 0.3) is 0 Å². The molecule has 1 aliphatic carbocycles. The highest BCUT2D eigenvalue weighted by molar-refractivity contribution is 7.89. The van der Waals surface area contributed by atoms with E-state index in [2.05, 4.69) is 0 Å². The Morgan fingerprint density at radius 3 is 2.57 bits per heavy atom. The highest BCUT2D eigenvalue weighted by Crippen LogP contribution is 2.33. The van der Waals surface area contributed by atoms with Crippen LogP contribution in [-0.4, -0.2) is 49.7 Å². The Bertz CT molecular complexity index is 628. The summed E-state index contributed by atoms with van der Waals surface area (Å²) in [4.78, 5) is 0.320. The van der Waals surface area contributed by atoms with Crippen molar-refractivity contribution >= 4 is 10.0 Å². The summed E-state index contributed by atoms with van der Waals surface area (Å²) < 4.78 is 33.2. The molecule has 1 saturated heterocycles. The van der Waals surface area contributed by atoms with Gasteiger partial charge >= 0.3 is 0 Å². The zero-order valence-corrected chi connectivity index (χ0v) is 14.3. The maximum Gasteiger partial charge on any atom is 0.243 e. The van der Waals surface area contributed by atoms with Gasteiger partial charge in [-0.2, -0.15) is 4.31 Å². The molecule has 3 rings (SSSR count). The van der Waals surface area contributed by atoms with Gasteiger partial charge in [-0.3, -0.25) is 0 Å². The molecule has 23 heavy (non-hydrogen) atoms. The van der Waals surface area contributed by atoms with Crippen LogP contribution in [0.2, 0.25) is 0 Å². The lowest BCUT2D eigenvalue weighted by Gasteiger charge is -2.42. The molecule has 3 unspecified atom stereocenters. The number of aliphatic hydroxyl groups is 1. The maximum atomic E-state index is 13.0. The molecule has 0 spiro atoms. The third-order valence-corrected chi connectivity index (χ3v) is 6.96. The average Bonchev–Trinajstić information content (AvgIpc) is 2.56. The first kappa shape index (κ1) is 16.9. The summed E-state index contributed by atoms with van der Waals surface area (Å²) >= 11 is 0. The predicted octanol–water partition coefficient (Wildman–Crippen LogP) is 1.94. The van der Waals surface area contributed by atoms with Crippen LogP contribution in [0.15, 0.2) is 29.2 Å². The highest BCUT2D eigenvalue weighted by atomic mass is 32.2. The molecule has 6 heteroatoms. The lowest BCUT2D eigenvalue weighted by molar-refractivity contribution is -0.0379. The fourth-order valence-corrected chi connectivity index (χ4v) is 5.32. The number of aliphatic hydroxyl groups excluding tert-OH is 1. The van der Waals surface area contributed by atoms with Crippen molar-refractivity contribution in [2.75, 3.05) is 19.8 Å².